The second kappa shape index (κ2) is 4.87. The van der Waals surface area contributed by atoms with Crippen LogP contribution in [0.2, 0.25) is 0 Å². The summed E-state index contributed by atoms with van der Waals surface area (Å²) < 4.78 is 41.1. The van der Waals surface area contributed by atoms with E-state index >= 15 is 0 Å². The predicted octanol–water partition coefficient (Wildman–Crippen LogP) is 1.04. The maximum Gasteiger partial charge on any atom is 0.261 e. The fourth-order valence-corrected chi connectivity index (χ4v) is 2.49. The molecule has 5 nitrogen and oxygen atoms in total. The molecule has 0 radical (unpaired) electrons. The number of halogens is 1. The van der Waals surface area contributed by atoms with E-state index in [1.165, 1.54) is 12.3 Å². The number of nitrogens with zero attached hydrogens (tertiary/aromatic N) is 2. The Hall–Kier alpha value is -1.73. The molecule has 0 unspecified atom stereocenters. The minimum atomic E-state index is -3.93. The molecule has 0 aliphatic rings. The largest absolute Gasteiger partial charge is 0.353 e. The summed E-state index contributed by atoms with van der Waals surface area (Å²) in [4.78, 5) is 3.54. The molecule has 0 saturated carbocycles. The number of aromatic nitrogens is 2. The Bertz CT molecular complexity index is 652. The van der Waals surface area contributed by atoms with Crippen molar-refractivity contribution in [3.8, 4) is 0 Å². The molecule has 0 spiro atoms. The van der Waals surface area contributed by atoms with E-state index in [0.717, 1.165) is 11.8 Å². The highest BCUT2D eigenvalue weighted by atomic mass is 32.2. The van der Waals surface area contributed by atoms with Crippen LogP contribution in [0.4, 0.5) is 4.39 Å². The molecule has 0 amide bonds. The molecule has 0 atom stereocenters. The van der Waals surface area contributed by atoms with Crippen molar-refractivity contribution in [2.45, 2.75) is 11.6 Å². The molecule has 2 aromatic rings. The smallest absolute Gasteiger partial charge is 0.261 e. The Kier molecular flexibility index (Phi) is 3.44. The summed E-state index contributed by atoms with van der Waals surface area (Å²) in [6.45, 7) is 0.0852. The number of nitrogens with one attached hydrogen (secondary N) is 1. The van der Waals surface area contributed by atoms with Crippen LogP contribution in [0.1, 0.15) is 5.69 Å². The lowest BCUT2D eigenvalue weighted by molar-refractivity contribution is 0.543. The van der Waals surface area contributed by atoms with E-state index in [-0.39, 0.29) is 6.54 Å². The van der Waals surface area contributed by atoms with Gasteiger partial charge in [-0.3, -0.25) is 0 Å². The van der Waals surface area contributed by atoms with Crippen molar-refractivity contribution in [3.63, 3.8) is 0 Å². The van der Waals surface area contributed by atoms with E-state index < -0.39 is 20.9 Å². The lowest BCUT2D eigenvalue weighted by Gasteiger charge is -2.07. The highest BCUT2D eigenvalue weighted by Gasteiger charge is 2.20. The third-order valence-electron chi connectivity index (χ3n) is 2.47. The monoisotopic (exact) mass is 269 g/mol. The van der Waals surface area contributed by atoms with Crippen molar-refractivity contribution in [1.82, 2.24) is 14.3 Å². The first-order valence-corrected chi connectivity index (χ1v) is 6.69. The average molecular weight is 269 g/mol. The third kappa shape index (κ3) is 2.57. The average Bonchev–Trinajstić information content (AvgIpc) is 2.73. The Balaban J connectivity index is 2.19. The topological polar surface area (TPSA) is 64.0 Å². The minimum absolute atomic E-state index is 0.0852. The van der Waals surface area contributed by atoms with Gasteiger partial charge in [0, 0.05) is 25.1 Å². The number of pyridine rings is 1. The fourth-order valence-electron chi connectivity index (χ4n) is 1.49. The first-order chi connectivity index (χ1) is 8.50. The van der Waals surface area contributed by atoms with Crippen LogP contribution in [0.15, 0.2) is 41.7 Å². The van der Waals surface area contributed by atoms with E-state index in [1.54, 1.807) is 29.9 Å². The zero-order valence-electron chi connectivity index (χ0n) is 9.67. The molecule has 18 heavy (non-hydrogen) atoms. The van der Waals surface area contributed by atoms with Crippen LogP contribution in [0.25, 0.3) is 0 Å². The fraction of sp³-hybridized carbons (Fsp3) is 0.182. The predicted molar refractivity (Wildman–Crippen MR) is 63.6 cm³/mol. The molecule has 0 aliphatic carbocycles. The lowest BCUT2D eigenvalue weighted by atomic mass is 10.4. The molecule has 0 aliphatic heterocycles. The van der Waals surface area contributed by atoms with Crippen molar-refractivity contribution in [2.75, 3.05) is 0 Å². The number of hydrogen-bond donors (Lipinski definition) is 1. The SMILES string of the molecule is Cn1cccc1CNS(=O)(=O)c1ncccc1F. The molecule has 2 heterocycles. The Morgan fingerprint density at radius 2 is 2.17 bits per heavy atom. The van der Waals surface area contributed by atoms with Crippen molar-refractivity contribution in [1.29, 1.82) is 0 Å². The number of sulfonamides is 1. The van der Waals surface area contributed by atoms with Crippen molar-refractivity contribution in [3.05, 3.63) is 48.2 Å². The van der Waals surface area contributed by atoms with Gasteiger partial charge in [-0.25, -0.2) is 22.5 Å². The van der Waals surface area contributed by atoms with Crippen LogP contribution in [0.5, 0.6) is 0 Å². The van der Waals surface area contributed by atoms with E-state index in [2.05, 4.69) is 9.71 Å². The van der Waals surface area contributed by atoms with E-state index in [1.807, 2.05) is 0 Å². The highest BCUT2D eigenvalue weighted by Crippen LogP contribution is 2.10. The summed E-state index contributed by atoms with van der Waals surface area (Å²) in [5.41, 5.74) is 0.773. The van der Waals surface area contributed by atoms with Crippen molar-refractivity contribution in [2.24, 2.45) is 7.05 Å². The van der Waals surface area contributed by atoms with Gasteiger partial charge in [-0.05, 0) is 24.3 Å². The molecule has 0 fully saturated rings. The summed E-state index contributed by atoms with van der Waals surface area (Å²) in [7, 11) is -2.14. The van der Waals surface area contributed by atoms with Crippen LogP contribution < -0.4 is 4.72 Å². The summed E-state index contributed by atoms with van der Waals surface area (Å²) >= 11 is 0. The Labute approximate surface area is 104 Å². The van der Waals surface area contributed by atoms with Gasteiger partial charge in [0.15, 0.2) is 5.82 Å². The van der Waals surface area contributed by atoms with Crippen molar-refractivity contribution >= 4 is 10.0 Å². The summed E-state index contributed by atoms with van der Waals surface area (Å²) in [5, 5.41) is -0.584. The van der Waals surface area contributed by atoms with Crippen LogP contribution in [-0.2, 0) is 23.6 Å². The lowest BCUT2D eigenvalue weighted by Crippen LogP contribution is -2.26. The molecule has 96 valence electrons. The molecular formula is C11H12FN3O2S. The van der Waals surface area contributed by atoms with Gasteiger partial charge in [0.05, 0.1) is 6.54 Å². The quantitative estimate of drug-likeness (QED) is 0.902. The van der Waals surface area contributed by atoms with Gasteiger partial charge in [-0.2, -0.15) is 0 Å². The second-order valence-electron chi connectivity index (χ2n) is 3.73. The molecular weight excluding hydrogens is 257 g/mol. The first kappa shape index (κ1) is 12.7. The van der Waals surface area contributed by atoms with E-state index in [9.17, 15) is 12.8 Å². The van der Waals surface area contributed by atoms with E-state index in [4.69, 9.17) is 0 Å². The zero-order chi connectivity index (χ0) is 13.2. The van der Waals surface area contributed by atoms with Crippen LogP contribution >= 0.6 is 0 Å². The number of hydrogen-bond acceptors (Lipinski definition) is 3. The van der Waals surface area contributed by atoms with Gasteiger partial charge < -0.3 is 4.57 Å². The van der Waals surface area contributed by atoms with Gasteiger partial charge in [0.1, 0.15) is 0 Å². The number of rotatable bonds is 4. The zero-order valence-corrected chi connectivity index (χ0v) is 10.5. The Morgan fingerprint density at radius 3 is 2.78 bits per heavy atom. The maximum atomic E-state index is 13.3. The Morgan fingerprint density at radius 1 is 1.39 bits per heavy atom. The number of aryl methyl sites for hydroxylation is 1. The summed E-state index contributed by atoms with van der Waals surface area (Å²) in [5.74, 6) is -0.864. The van der Waals surface area contributed by atoms with Crippen LogP contribution in [-0.4, -0.2) is 18.0 Å². The van der Waals surface area contributed by atoms with Gasteiger partial charge >= 0.3 is 0 Å². The molecule has 0 aromatic carbocycles. The van der Waals surface area contributed by atoms with Gasteiger partial charge in [0.2, 0.25) is 5.03 Å². The molecule has 0 saturated heterocycles. The normalized spacial score (nSPS) is 11.7. The highest BCUT2D eigenvalue weighted by molar-refractivity contribution is 7.89. The van der Waals surface area contributed by atoms with Gasteiger partial charge in [-0.1, -0.05) is 0 Å². The summed E-state index contributed by atoms with van der Waals surface area (Å²) in [6.07, 6.45) is 3.03. The second-order valence-corrected chi connectivity index (χ2v) is 5.41. The molecule has 1 N–H and O–H groups in total. The first-order valence-electron chi connectivity index (χ1n) is 5.21. The van der Waals surface area contributed by atoms with Gasteiger partial charge in [-0.15, -0.1) is 0 Å². The van der Waals surface area contributed by atoms with Crippen LogP contribution in [0.3, 0.4) is 0 Å². The molecule has 2 rings (SSSR count). The van der Waals surface area contributed by atoms with Crippen molar-refractivity contribution < 1.29 is 12.8 Å². The van der Waals surface area contributed by atoms with E-state index in [0.29, 0.717) is 0 Å². The molecule has 2 aromatic heterocycles. The molecule has 7 heteroatoms. The van der Waals surface area contributed by atoms with Gasteiger partial charge in [0.25, 0.3) is 10.0 Å². The standard InChI is InChI=1S/C11H12FN3O2S/c1-15-7-3-4-9(15)8-14-18(16,17)11-10(12)5-2-6-13-11/h2-7,14H,8H2,1H3. The minimum Gasteiger partial charge on any atom is -0.353 e. The summed E-state index contributed by atoms with van der Waals surface area (Å²) in [6, 6.07) is 5.97. The maximum absolute atomic E-state index is 13.3. The molecule has 0 bridgehead atoms. The van der Waals surface area contributed by atoms with Crippen LogP contribution in [0, 0.1) is 5.82 Å². The third-order valence-corrected chi connectivity index (χ3v) is 3.81.